The van der Waals surface area contributed by atoms with Crippen molar-refractivity contribution in [2.24, 2.45) is 5.41 Å². The maximum absolute atomic E-state index is 10.1. The van der Waals surface area contributed by atoms with Gasteiger partial charge in [-0.1, -0.05) is 31.4 Å². The second kappa shape index (κ2) is 5.81. The van der Waals surface area contributed by atoms with Crippen molar-refractivity contribution in [3.63, 3.8) is 0 Å². The van der Waals surface area contributed by atoms with E-state index in [4.69, 9.17) is 16.9 Å². The number of aliphatic hydroxyl groups excluding tert-OH is 1. The topological polar surface area (TPSA) is 56.0 Å². The fourth-order valence-electron chi connectivity index (χ4n) is 2.61. The third kappa shape index (κ3) is 3.20. The first-order valence-electron chi connectivity index (χ1n) is 6.67. The number of benzene rings is 1. The summed E-state index contributed by atoms with van der Waals surface area (Å²) in [7, 11) is 0. The van der Waals surface area contributed by atoms with E-state index in [0.29, 0.717) is 10.6 Å². The molecule has 1 aromatic rings. The number of rotatable bonds is 3. The standard InChI is InChI=1S/C15H19ClN2O/c1-15(7-3-2-4-14(15)19)10-18-12-6-5-11(9-17)13(16)8-12/h5-6,8,14,18-19H,2-4,7,10H2,1H3. The van der Waals surface area contributed by atoms with Gasteiger partial charge < -0.3 is 10.4 Å². The minimum atomic E-state index is -0.248. The molecule has 1 aliphatic rings. The minimum absolute atomic E-state index is 0.0847. The minimum Gasteiger partial charge on any atom is -0.392 e. The number of aliphatic hydroxyl groups is 1. The van der Waals surface area contributed by atoms with Crippen molar-refractivity contribution in [2.75, 3.05) is 11.9 Å². The van der Waals surface area contributed by atoms with E-state index in [1.807, 2.05) is 12.1 Å². The first-order chi connectivity index (χ1) is 9.05. The Bertz CT molecular complexity index is 497. The number of nitrogens with one attached hydrogen (secondary N) is 1. The molecular weight excluding hydrogens is 260 g/mol. The van der Waals surface area contributed by atoms with Gasteiger partial charge in [0.2, 0.25) is 0 Å². The molecule has 2 atom stereocenters. The van der Waals surface area contributed by atoms with Crippen LogP contribution < -0.4 is 5.32 Å². The van der Waals surface area contributed by atoms with Gasteiger partial charge in [0.05, 0.1) is 16.7 Å². The van der Waals surface area contributed by atoms with Crippen LogP contribution in [0.1, 0.15) is 38.2 Å². The van der Waals surface area contributed by atoms with Crippen LogP contribution in [-0.4, -0.2) is 17.8 Å². The Morgan fingerprint density at radius 3 is 2.95 bits per heavy atom. The summed E-state index contributed by atoms with van der Waals surface area (Å²) in [6.07, 6.45) is 3.95. The molecule has 2 rings (SSSR count). The molecule has 0 heterocycles. The van der Waals surface area contributed by atoms with Gasteiger partial charge in [0.25, 0.3) is 0 Å². The van der Waals surface area contributed by atoms with Crippen LogP contribution in [0.15, 0.2) is 18.2 Å². The highest BCUT2D eigenvalue weighted by Gasteiger charge is 2.35. The molecule has 3 nitrogen and oxygen atoms in total. The Morgan fingerprint density at radius 1 is 1.53 bits per heavy atom. The molecule has 1 saturated carbocycles. The molecule has 0 bridgehead atoms. The maximum atomic E-state index is 10.1. The van der Waals surface area contributed by atoms with E-state index in [1.165, 1.54) is 6.42 Å². The van der Waals surface area contributed by atoms with E-state index in [-0.39, 0.29) is 11.5 Å². The molecule has 102 valence electrons. The van der Waals surface area contributed by atoms with E-state index >= 15 is 0 Å². The van der Waals surface area contributed by atoms with Gasteiger partial charge in [0, 0.05) is 17.6 Å². The van der Waals surface area contributed by atoms with Crippen molar-refractivity contribution < 1.29 is 5.11 Å². The SMILES string of the molecule is CC1(CNc2ccc(C#N)c(Cl)c2)CCCCC1O. The Labute approximate surface area is 119 Å². The normalized spacial score (nSPS) is 26.7. The molecule has 0 spiro atoms. The Kier molecular flexibility index (Phi) is 4.34. The average Bonchev–Trinajstić information content (AvgIpc) is 2.40. The fourth-order valence-corrected chi connectivity index (χ4v) is 2.83. The van der Waals surface area contributed by atoms with Crippen LogP contribution in [0, 0.1) is 16.7 Å². The molecule has 2 unspecified atom stereocenters. The van der Waals surface area contributed by atoms with Crippen molar-refractivity contribution in [3.8, 4) is 6.07 Å². The Morgan fingerprint density at radius 2 is 2.32 bits per heavy atom. The second-order valence-corrected chi connectivity index (χ2v) is 5.98. The van der Waals surface area contributed by atoms with Crippen molar-refractivity contribution in [2.45, 2.75) is 38.7 Å². The van der Waals surface area contributed by atoms with Gasteiger partial charge in [0.15, 0.2) is 0 Å². The monoisotopic (exact) mass is 278 g/mol. The molecule has 4 heteroatoms. The van der Waals surface area contributed by atoms with Gasteiger partial charge in [0.1, 0.15) is 6.07 Å². The molecule has 1 aromatic carbocycles. The third-order valence-corrected chi connectivity index (χ3v) is 4.38. The summed E-state index contributed by atoms with van der Waals surface area (Å²) in [5, 5.41) is 22.7. The highest BCUT2D eigenvalue weighted by molar-refractivity contribution is 6.32. The summed E-state index contributed by atoms with van der Waals surface area (Å²) >= 11 is 6.00. The number of hydrogen-bond acceptors (Lipinski definition) is 3. The number of nitrogens with zero attached hydrogens (tertiary/aromatic N) is 1. The summed E-state index contributed by atoms with van der Waals surface area (Å²) in [6, 6.07) is 7.37. The third-order valence-electron chi connectivity index (χ3n) is 4.07. The van der Waals surface area contributed by atoms with E-state index in [0.717, 1.165) is 31.5 Å². The average molecular weight is 279 g/mol. The summed E-state index contributed by atoms with van der Waals surface area (Å²) < 4.78 is 0. The largest absolute Gasteiger partial charge is 0.392 e. The zero-order chi connectivity index (χ0) is 13.9. The molecule has 0 aromatic heterocycles. The van der Waals surface area contributed by atoms with E-state index in [9.17, 15) is 5.11 Å². The molecule has 19 heavy (non-hydrogen) atoms. The van der Waals surface area contributed by atoms with Crippen molar-refractivity contribution in [1.82, 2.24) is 0 Å². The lowest BCUT2D eigenvalue weighted by molar-refractivity contribution is 0.00963. The summed E-state index contributed by atoms with van der Waals surface area (Å²) in [4.78, 5) is 0. The smallest absolute Gasteiger partial charge is 0.101 e. The quantitative estimate of drug-likeness (QED) is 0.889. The first kappa shape index (κ1) is 14.2. The molecule has 0 amide bonds. The zero-order valence-electron chi connectivity index (χ0n) is 11.1. The van der Waals surface area contributed by atoms with Gasteiger partial charge in [-0.15, -0.1) is 0 Å². The second-order valence-electron chi connectivity index (χ2n) is 5.58. The van der Waals surface area contributed by atoms with Crippen molar-refractivity contribution in [3.05, 3.63) is 28.8 Å². The molecule has 1 aliphatic carbocycles. The first-order valence-corrected chi connectivity index (χ1v) is 7.04. The molecule has 2 N–H and O–H groups in total. The lowest BCUT2D eigenvalue weighted by Gasteiger charge is -2.38. The van der Waals surface area contributed by atoms with Gasteiger partial charge in [-0.25, -0.2) is 0 Å². The summed E-state index contributed by atoms with van der Waals surface area (Å²) in [5.74, 6) is 0. The molecule has 1 fully saturated rings. The van der Waals surface area contributed by atoms with E-state index < -0.39 is 0 Å². The van der Waals surface area contributed by atoms with Gasteiger partial charge in [-0.3, -0.25) is 0 Å². The predicted octanol–water partition coefficient (Wildman–Crippen LogP) is 3.56. The number of nitriles is 1. The van der Waals surface area contributed by atoms with Crippen molar-refractivity contribution in [1.29, 1.82) is 5.26 Å². The molecular formula is C15H19ClN2O. The number of anilines is 1. The van der Waals surface area contributed by atoms with Crippen molar-refractivity contribution >= 4 is 17.3 Å². The van der Waals surface area contributed by atoms with Crippen LogP contribution in [0.25, 0.3) is 0 Å². The van der Waals surface area contributed by atoms with Crippen LogP contribution in [-0.2, 0) is 0 Å². The summed E-state index contributed by atoms with van der Waals surface area (Å²) in [5.41, 5.74) is 1.29. The van der Waals surface area contributed by atoms with Crippen LogP contribution in [0.2, 0.25) is 5.02 Å². The lowest BCUT2D eigenvalue weighted by atomic mass is 9.73. The maximum Gasteiger partial charge on any atom is 0.101 e. The van der Waals surface area contributed by atoms with Crippen LogP contribution in [0.4, 0.5) is 5.69 Å². The molecule has 0 aliphatic heterocycles. The van der Waals surface area contributed by atoms with Gasteiger partial charge >= 0.3 is 0 Å². The Balaban J connectivity index is 2.02. The van der Waals surface area contributed by atoms with Gasteiger partial charge in [-0.2, -0.15) is 5.26 Å². The Hall–Kier alpha value is -1.24. The number of hydrogen-bond donors (Lipinski definition) is 2. The summed E-state index contributed by atoms with van der Waals surface area (Å²) in [6.45, 7) is 2.84. The van der Waals surface area contributed by atoms with E-state index in [1.54, 1.807) is 12.1 Å². The molecule has 0 saturated heterocycles. The van der Waals surface area contributed by atoms with Gasteiger partial charge in [-0.05, 0) is 31.0 Å². The van der Waals surface area contributed by atoms with Crippen LogP contribution in [0.5, 0.6) is 0 Å². The predicted molar refractivity (Wildman–Crippen MR) is 77.2 cm³/mol. The van der Waals surface area contributed by atoms with Crippen LogP contribution in [0.3, 0.4) is 0 Å². The zero-order valence-corrected chi connectivity index (χ0v) is 11.9. The molecule has 0 radical (unpaired) electrons. The highest BCUT2D eigenvalue weighted by atomic mass is 35.5. The van der Waals surface area contributed by atoms with E-state index in [2.05, 4.69) is 12.2 Å². The highest BCUT2D eigenvalue weighted by Crippen LogP contribution is 2.36. The number of halogens is 1. The fraction of sp³-hybridized carbons (Fsp3) is 0.533. The lowest BCUT2D eigenvalue weighted by Crippen LogP contribution is -2.41. The van der Waals surface area contributed by atoms with Crippen LogP contribution >= 0.6 is 11.6 Å².